The van der Waals surface area contributed by atoms with Crippen molar-refractivity contribution in [1.82, 2.24) is 0 Å². The first-order valence-electron chi connectivity index (χ1n) is 20.4. The van der Waals surface area contributed by atoms with Crippen molar-refractivity contribution in [2.45, 2.75) is 142 Å². The number of carbonyl (C=O) groups is 1. The highest BCUT2D eigenvalue weighted by Crippen LogP contribution is 2.47. The lowest BCUT2D eigenvalue weighted by Gasteiger charge is -2.38. The van der Waals surface area contributed by atoms with Crippen LogP contribution in [0.5, 0.6) is 0 Å². The van der Waals surface area contributed by atoms with Gasteiger partial charge in [0.1, 0.15) is 12.4 Å². The Morgan fingerprint density at radius 1 is 0.808 bits per heavy atom. The molecule has 0 spiro atoms. The molecule has 0 bridgehead atoms. The van der Waals surface area contributed by atoms with E-state index in [1.54, 1.807) is 12.5 Å². The van der Waals surface area contributed by atoms with Crippen LogP contribution in [-0.2, 0) is 31.8 Å². The Kier molecular flexibility index (Phi) is 17.2. The number of unbranched alkanes of at least 4 members (excludes halogenated alkanes) is 2. The second kappa shape index (κ2) is 21.5. The van der Waals surface area contributed by atoms with E-state index in [9.17, 15) is 9.90 Å². The number of hydrogen-bond donors (Lipinski definition) is 1. The van der Waals surface area contributed by atoms with Crippen molar-refractivity contribution in [3.05, 3.63) is 106 Å². The third-order valence-corrected chi connectivity index (χ3v) is 11.9. The molecule has 2 aromatic carbocycles. The molecule has 2 aliphatic rings. The Morgan fingerprint density at radius 3 is 2.06 bits per heavy atom. The molecule has 2 fully saturated rings. The summed E-state index contributed by atoms with van der Waals surface area (Å²) < 4.78 is 17.3. The minimum atomic E-state index is -0.398. The summed E-state index contributed by atoms with van der Waals surface area (Å²) in [6.07, 6.45) is 18.2. The number of hydrogen-bond acceptors (Lipinski definition) is 5. The maximum atomic E-state index is 11.9. The van der Waals surface area contributed by atoms with Crippen molar-refractivity contribution in [2.24, 2.45) is 11.8 Å². The monoisotopic (exact) mass is 713 g/mol. The molecular formula is C47H68O5. The van der Waals surface area contributed by atoms with E-state index in [0.29, 0.717) is 36.0 Å². The fourth-order valence-electron chi connectivity index (χ4n) is 8.71. The number of aryl methyl sites for hydroxylation is 3. The molecule has 4 rings (SSSR count). The average molecular weight is 713 g/mol. The first kappa shape index (κ1) is 41.6. The van der Waals surface area contributed by atoms with E-state index in [-0.39, 0.29) is 19.3 Å². The number of ether oxygens (including phenoxy) is 3. The van der Waals surface area contributed by atoms with Crippen LogP contribution in [0.2, 0.25) is 0 Å². The largest absolute Gasteiger partial charge is 0.494 e. The first-order chi connectivity index (χ1) is 25.1. The molecule has 0 amide bonds. The van der Waals surface area contributed by atoms with Crippen LogP contribution >= 0.6 is 0 Å². The number of rotatable bonds is 21. The van der Waals surface area contributed by atoms with Crippen molar-refractivity contribution in [2.75, 3.05) is 26.4 Å². The summed E-state index contributed by atoms with van der Waals surface area (Å²) in [6, 6.07) is 14.3. The van der Waals surface area contributed by atoms with Gasteiger partial charge in [0.2, 0.25) is 0 Å². The zero-order valence-corrected chi connectivity index (χ0v) is 33.0. The smallest absolute Gasteiger partial charge is 0.333 e. The van der Waals surface area contributed by atoms with Crippen LogP contribution in [0.25, 0.3) is 0 Å². The van der Waals surface area contributed by atoms with E-state index in [2.05, 4.69) is 76.9 Å². The summed E-state index contributed by atoms with van der Waals surface area (Å²) in [5, 5.41) is 9.31. The highest BCUT2D eigenvalue weighted by Gasteiger charge is 2.32. The van der Waals surface area contributed by atoms with Crippen LogP contribution in [-0.4, -0.2) is 37.5 Å². The number of carbonyl (C=O) groups excluding carboxylic acids is 1. The van der Waals surface area contributed by atoms with Crippen LogP contribution in [0.3, 0.4) is 0 Å². The Bertz CT molecular complexity index is 1460. The van der Waals surface area contributed by atoms with Crippen molar-refractivity contribution in [3.63, 3.8) is 0 Å². The van der Waals surface area contributed by atoms with Gasteiger partial charge < -0.3 is 19.3 Å². The Labute approximate surface area is 315 Å². The average Bonchev–Trinajstić information content (AvgIpc) is 3.16. The van der Waals surface area contributed by atoms with E-state index >= 15 is 0 Å². The number of aliphatic hydroxyl groups is 1. The molecule has 1 N–H and O–H groups in total. The lowest BCUT2D eigenvalue weighted by molar-refractivity contribution is -0.141. The summed E-state index contributed by atoms with van der Waals surface area (Å²) in [6.45, 7) is 20.6. The van der Waals surface area contributed by atoms with Crippen LogP contribution < -0.4 is 0 Å². The lowest BCUT2D eigenvalue weighted by Crippen LogP contribution is -2.25. The van der Waals surface area contributed by atoms with E-state index in [1.165, 1.54) is 99.3 Å². The standard InChI is InChI=1S/C47H68O5/c1-8-10-11-13-37-15-25-44(34(5)30-37)41-20-16-39(17-21-41)40-18-22-42(23-19-40)45-26-24-43(31-38(45)9-2)46(51-28-29-52-47(49)33(3)4)14-12-27-50-36(7)35(6)32-48/h15,24-26,30-31,39-42,46,48H,3,6-14,16-23,27-29,32H2,1-2,4-5H3. The molecule has 0 aromatic heterocycles. The van der Waals surface area contributed by atoms with Gasteiger partial charge in [-0.2, -0.15) is 0 Å². The van der Waals surface area contributed by atoms with Gasteiger partial charge in [0.25, 0.3) is 0 Å². The Balaban J connectivity index is 1.31. The van der Waals surface area contributed by atoms with E-state index in [0.717, 1.165) is 42.6 Å². The van der Waals surface area contributed by atoms with Gasteiger partial charge in [-0.1, -0.05) is 82.8 Å². The molecular weight excluding hydrogens is 645 g/mol. The van der Waals surface area contributed by atoms with Gasteiger partial charge in [-0.05, 0) is 154 Å². The quantitative estimate of drug-likeness (QED) is 0.0459. The van der Waals surface area contributed by atoms with Crippen molar-refractivity contribution in [3.8, 4) is 0 Å². The van der Waals surface area contributed by atoms with Crippen molar-refractivity contribution < 1.29 is 24.1 Å². The normalized spacial score (nSPS) is 20.9. The molecule has 2 saturated carbocycles. The van der Waals surface area contributed by atoms with Gasteiger partial charge >= 0.3 is 5.97 Å². The highest BCUT2D eigenvalue weighted by molar-refractivity contribution is 5.86. The minimum Gasteiger partial charge on any atom is -0.494 e. The second-order valence-electron chi connectivity index (χ2n) is 15.6. The molecule has 0 heterocycles. The number of aliphatic hydroxyl groups excluding tert-OH is 1. The van der Waals surface area contributed by atoms with E-state index in [4.69, 9.17) is 14.2 Å². The lowest BCUT2D eigenvalue weighted by atomic mass is 9.67. The second-order valence-corrected chi connectivity index (χ2v) is 15.6. The summed E-state index contributed by atoms with van der Waals surface area (Å²) in [4.78, 5) is 11.9. The van der Waals surface area contributed by atoms with Crippen molar-refractivity contribution >= 4 is 5.97 Å². The van der Waals surface area contributed by atoms with Crippen LogP contribution in [0, 0.1) is 18.8 Å². The topological polar surface area (TPSA) is 65.0 Å². The first-order valence-corrected chi connectivity index (χ1v) is 20.4. The molecule has 2 aliphatic carbocycles. The minimum absolute atomic E-state index is 0.154. The van der Waals surface area contributed by atoms with Crippen molar-refractivity contribution in [1.29, 1.82) is 0 Å². The number of benzene rings is 2. The van der Waals surface area contributed by atoms with Gasteiger partial charge in [0.15, 0.2) is 0 Å². The SMILES string of the molecule is C=C(C)C(=O)OCCOC(CCCOC(=C)C(=C)CO)c1ccc(C2CCC(C3CCC(c4ccc(CCCCC)cc4C)CC3)CC2)c(CC)c1. The number of esters is 1. The molecule has 0 aliphatic heterocycles. The molecule has 5 heteroatoms. The Morgan fingerprint density at radius 2 is 1.46 bits per heavy atom. The van der Waals surface area contributed by atoms with Crippen LogP contribution in [0.1, 0.15) is 156 Å². The Hall–Kier alpha value is -3.15. The van der Waals surface area contributed by atoms with Gasteiger partial charge in [-0.25, -0.2) is 4.79 Å². The van der Waals surface area contributed by atoms with Gasteiger partial charge in [0.05, 0.1) is 25.9 Å². The summed E-state index contributed by atoms with van der Waals surface area (Å²) in [5.41, 5.74) is 9.59. The molecule has 52 heavy (non-hydrogen) atoms. The third kappa shape index (κ3) is 12.2. The summed E-state index contributed by atoms with van der Waals surface area (Å²) in [5.74, 6) is 3.13. The fourth-order valence-corrected chi connectivity index (χ4v) is 8.71. The molecule has 2 aromatic rings. The predicted octanol–water partition coefficient (Wildman–Crippen LogP) is 11.6. The van der Waals surface area contributed by atoms with Gasteiger partial charge in [-0.3, -0.25) is 0 Å². The maximum Gasteiger partial charge on any atom is 0.333 e. The molecule has 1 atom stereocenters. The van der Waals surface area contributed by atoms with Gasteiger partial charge in [0, 0.05) is 11.1 Å². The maximum absolute atomic E-state index is 11.9. The fraction of sp³-hybridized carbons (Fsp3) is 0.596. The molecule has 0 radical (unpaired) electrons. The third-order valence-electron chi connectivity index (χ3n) is 11.9. The zero-order chi connectivity index (χ0) is 37.5. The summed E-state index contributed by atoms with van der Waals surface area (Å²) in [7, 11) is 0. The van der Waals surface area contributed by atoms with Crippen LogP contribution in [0.4, 0.5) is 0 Å². The predicted molar refractivity (Wildman–Crippen MR) is 215 cm³/mol. The zero-order valence-electron chi connectivity index (χ0n) is 33.0. The molecule has 1 unspecified atom stereocenters. The van der Waals surface area contributed by atoms with E-state index < -0.39 is 5.97 Å². The van der Waals surface area contributed by atoms with Crippen LogP contribution in [0.15, 0.2) is 73.0 Å². The highest BCUT2D eigenvalue weighted by atomic mass is 16.6. The molecule has 0 saturated heterocycles. The molecule has 5 nitrogen and oxygen atoms in total. The molecule has 286 valence electrons. The van der Waals surface area contributed by atoms with E-state index in [1.807, 2.05) is 0 Å². The van der Waals surface area contributed by atoms with Gasteiger partial charge in [-0.15, -0.1) is 0 Å². The summed E-state index contributed by atoms with van der Waals surface area (Å²) >= 11 is 0.